The van der Waals surface area contributed by atoms with E-state index in [1.54, 1.807) is 18.4 Å². The highest BCUT2D eigenvalue weighted by Crippen LogP contribution is 2.20. The molecule has 1 heterocycles. The zero-order valence-electron chi connectivity index (χ0n) is 8.44. The molecule has 0 aliphatic carbocycles. The van der Waals surface area contributed by atoms with Gasteiger partial charge in [-0.05, 0) is 20.8 Å². The van der Waals surface area contributed by atoms with Crippen LogP contribution in [-0.2, 0) is 7.05 Å². The molecule has 1 unspecified atom stereocenters. The number of hydrogen-bond donors (Lipinski definition) is 2. The summed E-state index contributed by atoms with van der Waals surface area (Å²) >= 11 is 0. The van der Waals surface area contributed by atoms with Crippen molar-refractivity contribution in [2.75, 3.05) is 0 Å². The Morgan fingerprint density at radius 3 is 2.31 bits per heavy atom. The second-order valence-electron chi connectivity index (χ2n) is 3.80. The van der Waals surface area contributed by atoms with Crippen molar-refractivity contribution in [2.45, 2.75) is 32.4 Å². The summed E-state index contributed by atoms with van der Waals surface area (Å²) in [6.45, 7) is 5.15. The predicted molar refractivity (Wildman–Crippen MR) is 49.0 cm³/mol. The standard InChI is InChI=1S/C8H16N4O/c1-5-10-11-7(12(5)4)6(9)8(2,3)13/h6,13H,9H2,1-4H3. The lowest BCUT2D eigenvalue weighted by Gasteiger charge is -2.24. The fraction of sp³-hybridized carbons (Fsp3) is 0.750. The molecule has 0 fully saturated rings. The maximum atomic E-state index is 9.67. The Morgan fingerprint density at radius 1 is 1.46 bits per heavy atom. The highest BCUT2D eigenvalue weighted by atomic mass is 16.3. The van der Waals surface area contributed by atoms with Crippen molar-refractivity contribution in [1.29, 1.82) is 0 Å². The third kappa shape index (κ3) is 1.87. The second-order valence-corrected chi connectivity index (χ2v) is 3.80. The van der Waals surface area contributed by atoms with E-state index in [1.165, 1.54) is 0 Å². The molecular weight excluding hydrogens is 168 g/mol. The van der Waals surface area contributed by atoms with Gasteiger partial charge in [-0.15, -0.1) is 10.2 Å². The van der Waals surface area contributed by atoms with Crippen molar-refractivity contribution in [3.05, 3.63) is 11.6 Å². The molecule has 0 spiro atoms. The van der Waals surface area contributed by atoms with Crippen LogP contribution in [0.2, 0.25) is 0 Å². The molecule has 0 aromatic carbocycles. The van der Waals surface area contributed by atoms with Crippen molar-refractivity contribution in [2.24, 2.45) is 12.8 Å². The number of nitrogens with zero attached hydrogens (tertiary/aromatic N) is 3. The Hall–Kier alpha value is -0.940. The number of aryl methyl sites for hydroxylation is 1. The molecule has 5 nitrogen and oxygen atoms in total. The number of hydrogen-bond acceptors (Lipinski definition) is 4. The average Bonchev–Trinajstić information content (AvgIpc) is 2.30. The number of aliphatic hydroxyl groups is 1. The van der Waals surface area contributed by atoms with Gasteiger partial charge in [0.25, 0.3) is 0 Å². The van der Waals surface area contributed by atoms with Crippen LogP contribution < -0.4 is 5.73 Å². The van der Waals surface area contributed by atoms with E-state index in [0.29, 0.717) is 5.82 Å². The zero-order valence-corrected chi connectivity index (χ0v) is 8.44. The van der Waals surface area contributed by atoms with Crippen molar-refractivity contribution in [1.82, 2.24) is 14.8 Å². The van der Waals surface area contributed by atoms with E-state index >= 15 is 0 Å². The summed E-state index contributed by atoms with van der Waals surface area (Å²) in [7, 11) is 1.83. The lowest BCUT2D eigenvalue weighted by atomic mass is 9.99. The van der Waals surface area contributed by atoms with E-state index in [4.69, 9.17) is 5.73 Å². The zero-order chi connectivity index (χ0) is 10.2. The van der Waals surface area contributed by atoms with Gasteiger partial charge in [0.2, 0.25) is 0 Å². The molecular formula is C8H16N4O. The van der Waals surface area contributed by atoms with Gasteiger partial charge in [-0.2, -0.15) is 0 Å². The molecule has 0 saturated carbocycles. The van der Waals surface area contributed by atoms with E-state index < -0.39 is 11.6 Å². The summed E-state index contributed by atoms with van der Waals surface area (Å²) in [6, 6.07) is -0.515. The summed E-state index contributed by atoms with van der Waals surface area (Å²) in [6.07, 6.45) is 0. The van der Waals surface area contributed by atoms with Gasteiger partial charge in [0, 0.05) is 7.05 Å². The van der Waals surface area contributed by atoms with Crippen LogP contribution in [0, 0.1) is 6.92 Å². The van der Waals surface area contributed by atoms with Crippen LogP contribution in [0.5, 0.6) is 0 Å². The molecule has 3 N–H and O–H groups in total. The van der Waals surface area contributed by atoms with Gasteiger partial charge in [-0.25, -0.2) is 0 Å². The molecule has 13 heavy (non-hydrogen) atoms. The van der Waals surface area contributed by atoms with Crippen molar-refractivity contribution >= 4 is 0 Å². The van der Waals surface area contributed by atoms with Gasteiger partial charge in [0.05, 0.1) is 11.6 Å². The second kappa shape index (κ2) is 3.08. The minimum absolute atomic E-state index is 0.515. The van der Waals surface area contributed by atoms with Gasteiger partial charge in [-0.1, -0.05) is 0 Å². The summed E-state index contributed by atoms with van der Waals surface area (Å²) in [5.41, 5.74) is 4.83. The summed E-state index contributed by atoms with van der Waals surface area (Å²) in [5.74, 6) is 1.39. The normalized spacial score (nSPS) is 14.6. The lowest BCUT2D eigenvalue weighted by Crippen LogP contribution is -2.36. The number of nitrogens with two attached hydrogens (primary N) is 1. The fourth-order valence-corrected chi connectivity index (χ4v) is 1.01. The predicted octanol–water partition coefficient (Wildman–Crippen LogP) is -0.106. The molecule has 74 valence electrons. The maximum absolute atomic E-state index is 9.67. The lowest BCUT2D eigenvalue weighted by molar-refractivity contribution is 0.0477. The van der Waals surface area contributed by atoms with Crippen LogP contribution in [0.4, 0.5) is 0 Å². The first-order chi connectivity index (χ1) is 5.84. The Labute approximate surface area is 77.6 Å². The van der Waals surface area contributed by atoms with Crippen molar-refractivity contribution in [3.8, 4) is 0 Å². The van der Waals surface area contributed by atoms with Crippen LogP contribution in [0.3, 0.4) is 0 Å². The molecule has 0 aliphatic heterocycles. The fourth-order valence-electron chi connectivity index (χ4n) is 1.01. The molecule has 0 saturated heterocycles. The Kier molecular flexibility index (Phi) is 2.40. The molecule has 0 amide bonds. The van der Waals surface area contributed by atoms with E-state index in [0.717, 1.165) is 5.82 Å². The maximum Gasteiger partial charge on any atom is 0.152 e. The highest BCUT2D eigenvalue weighted by molar-refractivity contribution is 5.03. The first-order valence-corrected chi connectivity index (χ1v) is 4.18. The first-order valence-electron chi connectivity index (χ1n) is 4.18. The quantitative estimate of drug-likeness (QED) is 0.672. The van der Waals surface area contributed by atoms with E-state index in [1.807, 2.05) is 14.0 Å². The van der Waals surface area contributed by atoms with Gasteiger partial charge in [-0.3, -0.25) is 0 Å². The highest BCUT2D eigenvalue weighted by Gasteiger charge is 2.28. The molecule has 0 bridgehead atoms. The SMILES string of the molecule is Cc1nnc(C(N)C(C)(C)O)n1C. The molecule has 5 heteroatoms. The third-order valence-corrected chi connectivity index (χ3v) is 2.17. The van der Waals surface area contributed by atoms with Crippen molar-refractivity contribution in [3.63, 3.8) is 0 Å². The van der Waals surface area contributed by atoms with Crippen LogP contribution >= 0.6 is 0 Å². The van der Waals surface area contributed by atoms with E-state index in [9.17, 15) is 5.11 Å². The Bertz CT molecular complexity index is 300. The van der Waals surface area contributed by atoms with Gasteiger partial charge < -0.3 is 15.4 Å². The monoisotopic (exact) mass is 184 g/mol. The summed E-state index contributed by atoms with van der Waals surface area (Å²) in [4.78, 5) is 0. The first kappa shape index (κ1) is 10.1. The third-order valence-electron chi connectivity index (χ3n) is 2.17. The average molecular weight is 184 g/mol. The van der Waals surface area contributed by atoms with Crippen molar-refractivity contribution < 1.29 is 5.11 Å². The Balaban J connectivity index is 3.02. The van der Waals surface area contributed by atoms with Gasteiger partial charge in [0.1, 0.15) is 5.82 Å². The largest absolute Gasteiger partial charge is 0.388 e. The molecule has 0 radical (unpaired) electrons. The molecule has 1 atom stereocenters. The van der Waals surface area contributed by atoms with Gasteiger partial charge >= 0.3 is 0 Å². The topological polar surface area (TPSA) is 77.0 Å². The molecule has 1 aromatic heterocycles. The smallest absolute Gasteiger partial charge is 0.152 e. The Morgan fingerprint density at radius 2 is 2.00 bits per heavy atom. The van der Waals surface area contributed by atoms with Crippen LogP contribution in [-0.4, -0.2) is 25.5 Å². The van der Waals surface area contributed by atoms with Crippen LogP contribution in [0.25, 0.3) is 0 Å². The van der Waals surface area contributed by atoms with Crippen LogP contribution in [0.15, 0.2) is 0 Å². The number of rotatable bonds is 2. The minimum Gasteiger partial charge on any atom is -0.388 e. The van der Waals surface area contributed by atoms with Crippen LogP contribution in [0.1, 0.15) is 31.5 Å². The number of aromatic nitrogens is 3. The summed E-state index contributed by atoms with van der Waals surface area (Å²) in [5, 5.41) is 17.4. The van der Waals surface area contributed by atoms with E-state index in [-0.39, 0.29) is 0 Å². The van der Waals surface area contributed by atoms with E-state index in [2.05, 4.69) is 10.2 Å². The molecule has 0 aliphatic rings. The minimum atomic E-state index is -0.979. The molecule has 1 rings (SSSR count). The molecule has 1 aromatic rings. The summed E-state index contributed by atoms with van der Waals surface area (Å²) < 4.78 is 1.78. The van der Waals surface area contributed by atoms with Gasteiger partial charge in [0.15, 0.2) is 5.82 Å².